The Bertz CT molecular complexity index is 81.6. The SMILES string of the molecule is CCC.FC(F)(Cl)C(F)(F)Cl. The first kappa shape index (κ1) is 13.9. The van der Waals surface area contributed by atoms with Gasteiger partial charge in [-0.05, 0) is 23.2 Å². The average Bonchev–Trinajstić information content (AvgIpc) is 1.60. The van der Waals surface area contributed by atoms with Crippen LogP contribution in [0, 0.1) is 0 Å². The molecule has 0 aliphatic heterocycles. The molecule has 0 spiro atoms. The zero-order chi connectivity index (χ0) is 9.71. The minimum Gasteiger partial charge on any atom is -0.179 e. The molecule has 0 fully saturated rings. The lowest BCUT2D eigenvalue weighted by atomic mass is 10.6. The molecule has 6 heteroatoms. The molecule has 0 N–H and O–H groups in total. The molecule has 0 radical (unpaired) electrons. The first-order chi connectivity index (χ1) is 4.66. The van der Waals surface area contributed by atoms with Crippen molar-refractivity contribution >= 4 is 23.2 Å². The highest BCUT2D eigenvalue weighted by molar-refractivity contribution is 6.31. The van der Waals surface area contributed by atoms with Crippen molar-refractivity contribution in [2.45, 2.75) is 31.0 Å². The van der Waals surface area contributed by atoms with Crippen LogP contribution >= 0.6 is 23.2 Å². The van der Waals surface area contributed by atoms with Gasteiger partial charge in [0.05, 0.1) is 0 Å². The lowest BCUT2D eigenvalue weighted by Crippen LogP contribution is -2.28. The van der Waals surface area contributed by atoms with E-state index in [4.69, 9.17) is 0 Å². The van der Waals surface area contributed by atoms with E-state index < -0.39 is 10.8 Å². The smallest absolute Gasteiger partial charge is 0.179 e. The van der Waals surface area contributed by atoms with E-state index in [-0.39, 0.29) is 0 Å². The summed E-state index contributed by atoms with van der Waals surface area (Å²) in [6, 6.07) is 0. The fourth-order valence-corrected chi connectivity index (χ4v) is 0. The average molecular weight is 215 g/mol. The predicted octanol–water partition coefficient (Wildman–Crippen LogP) is 4.07. The van der Waals surface area contributed by atoms with Crippen LogP contribution in [0.5, 0.6) is 0 Å². The quantitative estimate of drug-likeness (QED) is 0.456. The van der Waals surface area contributed by atoms with Crippen LogP contribution in [-0.2, 0) is 0 Å². The van der Waals surface area contributed by atoms with Crippen molar-refractivity contribution in [3.8, 4) is 0 Å². The minimum atomic E-state index is -4.66. The molecule has 11 heavy (non-hydrogen) atoms. The van der Waals surface area contributed by atoms with Crippen LogP contribution in [0.25, 0.3) is 0 Å². The van der Waals surface area contributed by atoms with Gasteiger partial charge in [-0.3, -0.25) is 0 Å². The Hall–Kier alpha value is 0.300. The highest BCUT2D eigenvalue weighted by Gasteiger charge is 2.53. The van der Waals surface area contributed by atoms with Crippen LogP contribution in [0.3, 0.4) is 0 Å². The first-order valence-electron chi connectivity index (χ1n) is 2.80. The number of halogens is 6. The van der Waals surface area contributed by atoms with Gasteiger partial charge in [-0.1, -0.05) is 20.3 Å². The van der Waals surface area contributed by atoms with Gasteiger partial charge in [-0.15, -0.1) is 0 Å². The topological polar surface area (TPSA) is 0 Å². The van der Waals surface area contributed by atoms with Gasteiger partial charge in [0.1, 0.15) is 0 Å². The molecule has 70 valence electrons. The molecule has 0 aromatic carbocycles. The lowest BCUT2D eigenvalue weighted by Gasteiger charge is -2.11. The van der Waals surface area contributed by atoms with Gasteiger partial charge in [-0.2, -0.15) is 17.6 Å². The molecule has 0 unspecified atom stereocenters. The predicted molar refractivity (Wildman–Crippen MR) is 37.6 cm³/mol. The first-order valence-corrected chi connectivity index (χ1v) is 3.55. The molecule has 0 amide bonds. The molecule has 0 rings (SSSR count). The fourth-order valence-electron chi connectivity index (χ4n) is 0. The van der Waals surface area contributed by atoms with Crippen LogP contribution < -0.4 is 0 Å². The maximum Gasteiger partial charge on any atom is 0.398 e. The van der Waals surface area contributed by atoms with Crippen molar-refractivity contribution in [1.29, 1.82) is 0 Å². The highest BCUT2D eigenvalue weighted by atomic mass is 35.5. The molecule has 0 heterocycles. The third kappa shape index (κ3) is 8.20. The van der Waals surface area contributed by atoms with Gasteiger partial charge in [0.15, 0.2) is 0 Å². The van der Waals surface area contributed by atoms with E-state index in [1.54, 1.807) is 0 Å². The van der Waals surface area contributed by atoms with Crippen molar-refractivity contribution in [3.05, 3.63) is 0 Å². The van der Waals surface area contributed by atoms with Crippen LogP contribution in [0.2, 0.25) is 0 Å². The van der Waals surface area contributed by atoms with Gasteiger partial charge >= 0.3 is 10.8 Å². The summed E-state index contributed by atoms with van der Waals surface area (Å²) in [5.41, 5.74) is 0. The molecular formula is C5H8Cl2F4. The summed E-state index contributed by atoms with van der Waals surface area (Å²) in [6.07, 6.45) is 1.25. The monoisotopic (exact) mass is 214 g/mol. The van der Waals surface area contributed by atoms with Crippen LogP contribution in [0.15, 0.2) is 0 Å². The van der Waals surface area contributed by atoms with Crippen molar-refractivity contribution in [1.82, 2.24) is 0 Å². The normalized spacial score (nSPS) is 12.0. The third-order valence-corrected chi connectivity index (χ3v) is 0.893. The van der Waals surface area contributed by atoms with Gasteiger partial charge in [0.25, 0.3) is 0 Å². The Morgan fingerprint density at radius 2 is 1.00 bits per heavy atom. The van der Waals surface area contributed by atoms with Gasteiger partial charge < -0.3 is 0 Å². The van der Waals surface area contributed by atoms with E-state index in [1.807, 2.05) is 0 Å². The fraction of sp³-hybridized carbons (Fsp3) is 1.00. The third-order valence-electron chi connectivity index (χ3n) is 0.321. The Morgan fingerprint density at radius 3 is 1.00 bits per heavy atom. The van der Waals surface area contributed by atoms with Gasteiger partial charge in [0, 0.05) is 0 Å². The van der Waals surface area contributed by atoms with E-state index in [9.17, 15) is 17.6 Å². The maximum atomic E-state index is 11.1. The second kappa shape index (κ2) is 5.04. The largest absolute Gasteiger partial charge is 0.398 e. The van der Waals surface area contributed by atoms with Gasteiger partial charge in [0.2, 0.25) is 0 Å². The van der Waals surface area contributed by atoms with Crippen molar-refractivity contribution in [2.75, 3.05) is 0 Å². The van der Waals surface area contributed by atoms with E-state index in [0.717, 1.165) is 0 Å². The zero-order valence-corrected chi connectivity index (χ0v) is 7.49. The summed E-state index contributed by atoms with van der Waals surface area (Å²) < 4.78 is 44.5. The number of hydrogen-bond acceptors (Lipinski definition) is 0. The number of alkyl halides is 6. The molecule has 0 aromatic rings. The molecule has 0 saturated carbocycles. The molecule has 0 saturated heterocycles. The minimum absolute atomic E-state index is 1.25. The summed E-state index contributed by atoms with van der Waals surface area (Å²) in [4.78, 5) is 0. The Labute approximate surface area is 72.5 Å². The molecule has 0 bridgehead atoms. The van der Waals surface area contributed by atoms with Gasteiger partial charge in [-0.25, -0.2) is 0 Å². The molecule has 0 nitrogen and oxygen atoms in total. The van der Waals surface area contributed by atoms with Crippen LogP contribution in [0.1, 0.15) is 20.3 Å². The Morgan fingerprint density at radius 1 is 0.909 bits per heavy atom. The second-order valence-corrected chi connectivity index (χ2v) is 2.65. The highest BCUT2D eigenvalue weighted by Crippen LogP contribution is 2.40. The molecule has 0 atom stereocenters. The Balaban J connectivity index is 0. The van der Waals surface area contributed by atoms with Crippen molar-refractivity contribution in [3.63, 3.8) is 0 Å². The lowest BCUT2D eigenvalue weighted by molar-refractivity contribution is -0.0960. The van der Waals surface area contributed by atoms with E-state index in [1.165, 1.54) is 6.42 Å². The Kier molecular flexibility index (Phi) is 6.35. The van der Waals surface area contributed by atoms with Crippen molar-refractivity contribution < 1.29 is 17.6 Å². The molecule has 0 aliphatic carbocycles. The zero-order valence-electron chi connectivity index (χ0n) is 5.97. The molecule has 0 aliphatic rings. The van der Waals surface area contributed by atoms with E-state index in [2.05, 4.69) is 37.0 Å². The maximum absolute atomic E-state index is 11.1. The van der Waals surface area contributed by atoms with Crippen molar-refractivity contribution in [2.24, 2.45) is 0 Å². The molecular weight excluding hydrogens is 207 g/mol. The summed E-state index contributed by atoms with van der Waals surface area (Å²) in [6.45, 7) is 4.25. The summed E-state index contributed by atoms with van der Waals surface area (Å²) in [7, 11) is 0. The van der Waals surface area contributed by atoms with Crippen LogP contribution in [-0.4, -0.2) is 10.8 Å². The number of hydrogen-bond donors (Lipinski definition) is 0. The standard InChI is InChI=1S/C3H8.C2Cl2F4/c1-3-2;3-1(5,6)2(4,7)8/h3H2,1-2H3;. The number of rotatable bonds is 1. The summed E-state index contributed by atoms with van der Waals surface area (Å²) in [5.74, 6) is 0. The summed E-state index contributed by atoms with van der Waals surface area (Å²) in [5, 5.41) is -9.32. The van der Waals surface area contributed by atoms with E-state index >= 15 is 0 Å². The van der Waals surface area contributed by atoms with E-state index in [0.29, 0.717) is 0 Å². The summed E-state index contributed by atoms with van der Waals surface area (Å²) >= 11 is 7.59. The molecule has 0 aromatic heterocycles. The second-order valence-electron chi connectivity index (χ2n) is 1.70. The van der Waals surface area contributed by atoms with Crippen LogP contribution in [0.4, 0.5) is 17.6 Å².